The van der Waals surface area contributed by atoms with Crippen molar-refractivity contribution in [1.29, 1.82) is 0 Å². The fraction of sp³-hybridized carbons (Fsp3) is 0.364. The van der Waals surface area contributed by atoms with E-state index in [-0.39, 0.29) is 5.82 Å². The van der Waals surface area contributed by atoms with Crippen LogP contribution in [0.2, 0.25) is 0 Å². The van der Waals surface area contributed by atoms with Gasteiger partial charge < -0.3 is 10.3 Å². The standard InChI is InChI=1S/C11H11N7OS/c1-20-11-13-4-6-9(15-11)18(5-2-3-5)10(14-6)7-8(12)17-19-16-7/h4-5H,2-3H2,1H3,(H2,12,17). The van der Waals surface area contributed by atoms with Crippen LogP contribution in [0.25, 0.3) is 22.7 Å². The minimum Gasteiger partial charge on any atom is -0.379 e. The summed E-state index contributed by atoms with van der Waals surface area (Å²) in [4.78, 5) is 13.3. The third kappa shape index (κ3) is 1.66. The Hall–Kier alpha value is -2.16. The van der Waals surface area contributed by atoms with Crippen molar-refractivity contribution in [2.24, 2.45) is 0 Å². The van der Waals surface area contributed by atoms with Crippen molar-refractivity contribution in [1.82, 2.24) is 29.8 Å². The molecule has 0 saturated heterocycles. The second kappa shape index (κ2) is 4.17. The summed E-state index contributed by atoms with van der Waals surface area (Å²) >= 11 is 1.50. The molecule has 0 bridgehead atoms. The van der Waals surface area contributed by atoms with Crippen LogP contribution in [0.15, 0.2) is 16.0 Å². The van der Waals surface area contributed by atoms with Crippen molar-refractivity contribution < 1.29 is 4.63 Å². The Morgan fingerprint density at radius 3 is 2.85 bits per heavy atom. The summed E-state index contributed by atoms with van der Waals surface area (Å²) in [6, 6.07) is 0.385. The molecule has 1 saturated carbocycles. The van der Waals surface area contributed by atoms with E-state index >= 15 is 0 Å². The van der Waals surface area contributed by atoms with Gasteiger partial charge in [0.05, 0.1) is 6.20 Å². The van der Waals surface area contributed by atoms with Crippen LogP contribution in [0.3, 0.4) is 0 Å². The van der Waals surface area contributed by atoms with Gasteiger partial charge in [-0.1, -0.05) is 11.8 Å². The number of imidazole rings is 1. The molecule has 2 N–H and O–H groups in total. The van der Waals surface area contributed by atoms with E-state index in [0.717, 1.165) is 29.2 Å². The van der Waals surface area contributed by atoms with Crippen molar-refractivity contribution in [3.8, 4) is 11.5 Å². The summed E-state index contributed by atoms with van der Waals surface area (Å²) < 4.78 is 6.74. The predicted octanol–water partition coefficient (Wildman–Crippen LogP) is 1.52. The van der Waals surface area contributed by atoms with Crippen LogP contribution < -0.4 is 5.73 Å². The summed E-state index contributed by atoms with van der Waals surface area (Å²) in [5.41, 5.74) is 7.78. The van der Waals surface area contributed by atoms with Gasteiger partial charge in [-0.15, -0.1) is 0 Å². The molecule has 4 rings (SSSR count). The number of anilines is 1. The summed E-state index contributed by atoms with van der Waals surface area (Å²) in [5, 5.41) is 8.18. The van der Waals surface area contributed by atoms with Crippen LogP contribution in [0.1, 0.15) is 18.9 Å². The van der Waals surface area contributed by atoms with Crippen molar-refractivity contribution in [3.63, 3.8) is 0 Å². The number of nitrogens with two attached hydrogens (primary N) is 1. The van der Waals surface area contributed by atoms with Crippen LogP contribution in [0, 0.1) is 0 Å². The van der Waals surface area contributed by atoms with E-state index in [1.165, 1.54) is 11.8 Å². The first kappa shape index (κ1) is 11.6. The van der Waals surface area contributed by atoms with Gasteiger partial charge in [-0.2, -0.15) is 0 Å². The molecular weight excluding hydrogens is 278 g/mol. The minimum absolute atomic E-state index is 0.236. The zero-order valence-electron chi connectivity index (χ0n) is 10.6. The molecule has 0 amide bonds. The van der Waals surface area contributed by atoms with E-state index in [4.69, 9.17) is 5.73 Å². The molecule has 8 nitrogen and oxygen atoms in total. The number of hydrogen-bond acceptors (Lipinski definition) is 8. The lowest BCUT2D eigenvalue weighted by Gasteiger charge is -2.04. The molecule has 1 aliphatic rings. The molecule has 3 heterocycles. The first-order valence-corrected chi connectivity index (χ1v) is 7.37. The Labute approximate surface area is 117 Å². The Morgan fingerprint density at radius 2 is 2.20 bits per heavy atom. The highest BCUT2D eigenvalue weighted by atomic mass is 32.2. The Bertz CT molecular complexity index is 791. The van der Waals surface area contributed by atoms with E-state index in [1.54, 1.807) is 6.20 Å². The lowest BCUT2D eigenvalue weighted by Crippen LogP contribution is -2.01. The zero-order valence-corrected chi connectivity index (χ0v) is 11.5. The summed E-state index contributed by atoms with van der Waals surface area (Å²) in [6.07, 6.45) is 5.87. The van der Waals surface area contributed by atoms with Crippen LogP contribution in [-0.2, 0) is 0 Å². The molecule has 0 aliphatic heterocycles. The monoisotopic (exact) mass is 289 g/mol. The maximum Gasteiger partial charge on any atom is 0.199 e. The van der Waals surface area contributed by atoms with E-state index in [1.807, 2.05) is 6.26 Å². The SMILES string of the molecule is CSc1ncc2nc(-c3nonc3N)n(C3CC3)c2n1. The Kier molecular flexibility index (Phi) is 2.43. The van der Waals surface area contributed by atoms with Crippen LogP contribution in [0.5, 0.6) is 0 Å². The number of nitrogen functional groups attached to an aromatic ring is 1. The van der Waals surface area contributed by atoms with Gasteiger partial charge in [-0.05, 0) is 29.4 Å². The van der Waals surface area contributed by atoms with Crippen LogP contribution in [-0.4, -0.2) is 36.1 Å². The Balaban J connectivity index is 2.01. The molecule has 0 unspecified atom stereocenters. The normalized spacial score (nSPS) is 15.1. The van der Waals surface area contributed by atoms with Gasteiger partial charge in [-0.3, -0.25) is 0 Å². The van der Waals surface area contributed by atoms with Crippen molar-refractivity contribution in [2.45, 2.75) is 24.0 Å². The first-order chi connectivity index (χ1) is 9.78. The van der Waals surface area contributed by atoms with Gasteiger partial charge in [0.25, 0.3) is 0 Å². The maximum atomic E-state index is 5.78. The molecule has 0 atom stereocenters. The maximum absolute atomic E-state index is 5.78. The van der Waals surface area contributed by atoms with E-state index in [0.29, 0.717) is 17.6 Å². The number of fused-ring (bicyclic) bond motifs is 1. The average Bonchev–Trinajstić information content (AvgIpc) is 3.10. The van der Waals surface area contributed by atoms with Gasteiger partial charge in [0.2, 0.25) is 0 Å². The zero-order chi connectivity index (χ0) is 13.7. The molecule has 102 valence electrons. The summed E-state index contributed by atoms with van der Waals surface area (Å²) in [6.45, 7) is 0. The van der Waals surface area contributed by atoms with Gasteiger partial charge >= 0.3 is 0 Å². The fourth-order valence-electron chi connectivity index (χ4n) is 2.17. The highest BCUT2D eigenvalue weighted by Crippen LogP contribution is 2.41. The molecule has 1 aliphatic carbocycles. The van der Waals surface area contributed by atoms with Gasteiger partial charge in [0.1, 0.15) is 5.52 Å². The Morgan fingerprint density at radius 1 is 1.35 bits per heavy atom. The second-order valence-electron chi connectivity index (χ2n) is 4.60. The number of hydrogen-bond donors (Lipinski definition) is 1. The van der Waals surface area contributed by atoms with E-state index in [2.05, 4.69) is 34.5 Å². The quantitative estimate of drug-likeness (QED) is 0.571. The molecule has 0 radical (unpaired) electrons. The molecule has 0 spiro atoms. The van der Waals surface area contributed by atoms with Gasteiger partial charge in [0, 0.05) is 6.04 Å². The third-order valence-corrected chi connectivity index (χ3v) is 3.79. The molecule has 3 aromatic heterocycles. The minimum atomic E-state index is 0.236. The summed E-state index contributed by atoms with van der Waals surface area (Å²) in [7, 11) is 0. The largest absolute Gasteiger partial charge is 0.379 e. The predicted molar refractivity (Wildman–Crippen MR) is 73.1 cm³/mol. The highest BCUT2D eigenvalue weighted by molar-refractivity contribution is 7.98. The number of nitrogens with zero attached hydrogens (tertiary/aromatic N) is 6. The van der Waals surface area contributed by atoms with Crippen molar-refractivity contribution in [2.75, 3.05) is 12.0 Å². The number of aromatic nitrogens is 6. The lowest BCUT2D eigenvalue weighted by atomic mass is 10.4. The van der Waals surface area contributed by atoms with Crippen molar-refractivity contribution >= 4 is 28.7 Å². The molecule has 1 fully saturated rings. The fourth-order valence-corrected chi connectivity index (χ4v) is 2.51. The molecule has 0 aromatic carbocycles. The third-order valence-electron chi connectivity index (χ3n) is 3.23. The van der Waals surface area contributed by atoms with Gasteiger partial charge in [-0.25, -0.2) is 19.6 Å². The van der Waals surface area contributed by atoms with Crippen LogP contribution in [0.4, 0.5) is 5.82 Å². The average molecular weight is 289 g/mol. The number of rotatable bonds is 3. The number of thioether (sulfide) groups is 1. The molecular formula is C11H11N7OS. The van der Waals surface area contributed by atoms with Crippen molar-refractivity contribution in [3.05, 3.63) is 6.20 Å². The second-order valence-corrected chi connectivity index (χ2v) is 5.37. The van der Waals surface area contributed by atoms with E-state index in [9.17, 15) is 0 Å². The topological polar surface area (TPSA) is 109 Å². The summed E-state index contributed by atoms with van der Waals surface area (Å²) in [5.74, 6) is 0.883. The highest BCUT2D eigenvalue weighted by Gasteiger charge is 2.31. The van der Waals surface area contributed by atoms with E-state index < -0.39 is 0 Å². The van der Waals surface area contributed by atoms with Gasteiger partial charge in [0.15, 0.2) is 28.1 Å². The smallest absolute Gasteiger partial charge is 0.199 e. The molecule has 20 heavy (non-hydrogen) atoms. The molecule has 3 aromatic rings. The lowest BCUT2D eigenvalue weighted by molar-refractivity contribution is 0.310. The van der Waals surface area contributed by atoms with Crippen LogP contribution >= 0.6 is 11.8 Å². The first-order valence-electron chi connectivity index (χ1n) is 6.15. The molecule has 9 heteroatoms.